The first-order valence-electron chi connectivity index (χ1n) is 11.1. The molecule has 0 aliphatic rings. The first-order chi connectivity index (χ1) is 18.1. The summed E-state index contributed by atoms with van der Waals surface area (Å²) < 4.78 is 74.7. The molecular weight excluding hydrogens is 523 g/mol. The zero-order chi connectivity index (χ0) is 26.9. The molecule has 38 heavy (non-hydrogen) atoms. The topological polar surface area (TPSA) is 120 Å². The molecule has 0 saturated carbocycles. The van der Waals surface area contributed by atoms with Crippen molar-refractivity contribution in [1.82, 2.24) is 24.9 Å². The number of fused-ring (bicyclic) bond motifs is 1. The molecule has 0 aliphatic carbocycles. The molecule has 0 fully saturated rings. The number of rotatable bonds is 7. The summed E-state index contributed by atoms with van der Waals surface area (Å²) in [5, 5.41) is -0.0729. The van der Waals surface area contributed by atoms with Gasteiger partial charge in [-0.1, -0.05) is 6.92 Å². The van der Waals surface area contributed by atoms with E-state index in [1.807, 2.05) is 0 Å². The summed E-state index contributed by atoms with van der Waals surface area (Å²) in [5.74, 6) is 1.18. The van der Waals surface area contributed by atoms with E-state index in [2.05, 4.69) is 24.9 Å². The van der Waals surface area contributed by atoms with Gasteiger partial charge in [-0.05, 0) is 36.4 Å². The van der Waals surface area contributed by atoms with Gasteiger partial charge in [0, 0.05) is 24.5 Å². The van der Waals surface area contributed by atoms with Crippen molar-refractivity contribution in [3.8, 4) is 34.5 Å². The summed E-state index contributed by atoms with van der Waals surface area (Å²) in [5.41, 5.74) is 0.519. The van der Waals surface area contributed by atoms with Crippen LogP contribution in [0.5, 0.6) is 23.0 Å². The molecule has 13 heteroatoms. The molecule has 5 rings (SSSR count). The zero-order valence-electron chi connectivity index (χ0n) is 19.6. The number of sulfone groups is 1. The minimum Gasteiger partial charge on any atom is -0.456 e. The van der Waals surface area contributed by atoms with Crippen molar-refractivity contribution in [2.24, 2.45) is 0 Å². The summed E-state index contributed by atoms with van der Waals surface area (Å²) in [4.78, 5) is 19.9. The van der Waals surface area contributed by atoms with E-state index >= 15 is 0 Å². The third-order valence-corrected chi connectivity index (χ3v) is 7.02. The number of hydrogen-bond acceptors (Lipinski definition) is 8. The molecule has 5 aromatic rings. The first kappa shape index (κ1) is 25.1. The molecule has 0 unspecified atom stereocenters. The average Bonchev–Trinajstić information content (AvgIpc) is 3.34. The second-order valence-corrected chi connectivity index (χ2v) is 10.2. The van der Waals surface area contributed by atoms with E-state index < -0.39 is 21.6 Å². The predicted octanol–water partition coefficient (Wildman–Crippen LogP) is 5.81. The van der Waals surface area contributed by atoms with E-state index in [9.17, 15) is 21.6 Å². The molecule has 2 aromatic carbocycles. The van der Waals surface area contributed by atoms with Crippen LogP contribution in [0.4, 0.5) is 13.2 Å². The van der Waals surface area contributed by atoms with Crippen LogP contribution >= 0.6 is 0 Å². The number of H-pyrrole nitrogens is 1. The SMILES string of the molecule is CCS(=O)(=O)c1ccc(Oc2cc(Oc3ccc(C(F)(F)F)cc3)c3nc(-c4cnccn4)[nH]c3c2)cn1. The maximum absolute atomic E-state index is 13.0. The number of hydrogen-bond donors (Lipinski definition) is 1. The Kier molecular flexibility index (Phi) is 6.45. The van der Waals surface area contributed by atoms with E-state index in [1.54, 1.807) is 6.07 Å². The second-order valence-electron chi connectivity index (χ2n) is 7.96. The Morgan fingerprint density at radius 1 is 0.895 bits per heavy atom. The van der Waals surface area contributed by atoms with Crippen LogP contribution < -0.4 is 9.47 Å². The molecule has 1 N–H and O–H groups in total. The summed E-state index contributed by atoms with van der Waals surface area (Å²) in [6.45, 7) is 1.52. The fourth-order valence-corrected chi connectivity index (χ4v) is 4.26. The predicted molar refractivity (Wildman–Crippen MR) is 131 cm³/mol. The van der Waals surface area contributed by atoms with Gasteiger partial charge < -0.3 is 14.5 Å². The molecular formula is C25H18F3N5O4S. The maximum Gasteiger partial charge on any atom is 0.416 e. The van der Waals surface area contributed by atoms with Crippen molar-refractivity contribution >= 4 is 20.9 Å². The smallest absolute Gasteiger partial charge is 0.416 e. The normalized spacial score (nSPS) is 12.0. The Bertz CT molecular complexity index is 1690. The lowest BCUT2D eigenvalue weighted by Crippen LogP contribution is -2.05. The van der Waals surface area contributed by atoms with Crippen molar-refractivity contribution < 1.29 is 31.1 Å². The van der Waals surface area contributed by atoms with E-state index in [1.165, 1.54) is 62.0 Å². The van der Waals surface area contributed by atoms with Gasteiger partial charge in [0.25, 0.3) is 0 Å². The number of nitrogens with zero attached hydrogens (tertiary/aromatic N) is 4. The van der Waals surface area contributed by atoms with Gasteiger partial charge in [-0.3, -0.25) is 4.98 Å². The van der Waals surface area contributed by atoms with Gasteiger partial charge in [0.1, 0.15) is 28.5 Å². The number of aromatic nitrogens is 5. The highest BCUT2D eigenvalue weighted by molar-refractivity contribution is 7.91. The molecule has 9 nitrogen and oxygen atoms in total. The second kappa shape index (κ2) is 9.74. The third kappa shape index (κ3) is 5.27. The number of ether oxygens (including phenoxy) is 2. The Morgan fingerprint density at radius 3 is 2.29 bits per heavy atom. The van der Waals surface area contributed by atoms with E-state index in [0.717, 1.165) is 12.1 Å². The fraction of sp³-hybridized carbons (Fsp3) is 0.120. The van der Waals surface area contributed by atoms with Crippen LogP contribution in [0.1, 0.15) is 12.5 Å². The molecule has 0 aliphatic heterocycles. The van der Waals surface area contributed by atoms with E-state index in [0.29, 0.717) is 22.6 Å². The summed E-state index contributed by atoms with van der Waals surface area (Å²) in [6.07, 6.45) is 1.34. The van der Waals surface area contributed by atoms with Gasteiger partial charge in [0.15, 0.2) is 26.4 Å². The number of alkyl halides is 3. The molecule has 194 valence electrons. The highest BCUT2D eigenvalue weighted by Crippen LogP contribution is 2.37. The molecule has 0 amide bonds. The number of pyridine rings is 1. The number of aromatic amines is 1. The van der Waals surface area contributed by atoms with Crippen LogP contribution in [0.15, 0.2) is 78.3 Å². The molecule has 0 atom stereocenters. The summed E-state index contributed by atoms with van der Waals surface area (Å²) in [7, 11) is -3.48. The van der Waals surface area contributed by atoms with Crippen LogP contribution in [-0.4, -0.2) is 39.1 Å². The number of imidazole rings is 1. The summed E-state index contributed by atoms with van der Waals surface area (Å²) in [6, 6.07) is 10.2. The Labute approximate surface area is 214 Å². The van der Waals surface area contributed by atoms with Crippen LogP contribution in [0, 0.1) is 0 Å². The number of nitrogens with one attached hydrogen (secondary N) is 1. The van der Waals surface area contributed by atoms with Gasteiger partial charge in [-0.25, -0.2) is 23.4 Å². The highest BCUT2D eigenvalue weighted by Gasteiger charge is 2.30. The third-order valence-electron chi connectivity index (χ3n) is 5.38. The average molecular weight is 542 g/mol. The fourth-order valence-electron chi connectivity index (χ4n) is 3.47. The zero-order valence-corrected chi connectivity index (χ0v) is 20.4. The molecule has 3 aromatic heterocycles. The van der Waals surface area contributed by atoms with Crippen molar-refractivity contribution in [3.05, 3.63) is 78.9 Å². The number of halogens is 3. The van der Waals surface area contributed by atoms with Gasteiger partial charge >= 0.3 is 6.18 Å². The molecule has 0 bridgehead atoms. The van der Waals surface area contributed by atoms with Gasteiger partial charge in [0.2, 0.25) is 0 Å². The quantitative estimate of drug-likeness (QED) is 0.274. The monoisotopic (exact) mass is 541 g/mol. The minimum atomic E-state index is -4.48. The lowest BCUT2D eigenvalue weighted by molar-refractivity contribution is -0.137. The van der Waals surface area contributed by atoms with Crippen molar-refractivity contribution in [3.63, 3.8) is 0 Å². The molecule has 3 heterocycles. The van der Waals surface area contributed by atoms with Crippen LogP contribution in [-0.2, 0) is 16.0 Å². The van der Waals surface area contributed by atoms with Gasteiger partial charge in [0.05, 0.1) is 29.2 Å². The Morgan fingerprint density at radius 2 is 1.66 bits per heavy atom. The Hall–Kier alpha value is -4.52. The van der Waals surface area contributed by atoms with Gasteiger partial charge in [-0.2, -0.15) is 13.2 Å². The van der Waals surface area contributed by atoms with Crippen molar-refractivity contribution in [2.45, 2.75) is 18.1 Å². The molecule has 0 spiro atoms. The molecule has 0 saturated heterocycles. The minimum absolute atomic E-state index is 0.0729. The first-order valence-corrected chi connectivity index (χ1v) is 12.8. The summed E-state index contributed by atoms with van der Waals surface area (Å²) >= 11 is 0. The van der Waals surface area contributed by atoms with Crippen molar-refractivity contribution in [2.75, 3.05) is 5.75 Å². The lowest BCUT2D eigenvalue weighted by Gasteiger charge is -2.11. The highest BCUT2D eigenvalue weighted by atomic mass is 32.2. The largest absolute Gasteiger partial charge is 0.456 e. The number of benzene rings is 2. The molecule has 0 radical (unpaired) electrons. The van der Waals surface area contributed by atoms with Crippen LogP contribution in [0.2, 0.25) is 0 Å². The van der Waals surface area contributed by atoms with Crippen LogP contribution in [0.25, 0.3) is 22.6 Å². The maximum atomic E-state index is 13.0. The standard InChI is InChI=1S/C25H18F3N5O4S/c1-2-38(34,35)22-8-7-17(13-31-22)36-18-11-19-23(33-24(32-19)20-14-29-9-10-30-20)21(12-18)37-16-5-3-15(4-6-16)25(26,27)28/h3-14H,2H2,1H3,(H,32,33). The van der Waals surface area contributed by atoms with E-state index in [-0.39, 0.29) is 33.8 Å². The Balaban J connectivity index is 1.52. The lowest BCUT2D eigenvalue weighted by atomic mass is 10.2. The van der Waals surface area contributed by atoms with Crippen LogP contribution in [0.3, 0.4) is 0 Å². The van der Waals surface area contributed by atoms with Crippen molar-refractivity contribution in [1.29, 1.82) is 0 Å². The van der Waals surface area contributed by atoms with Gasteiger partial charge in [-0.15, -0.1) is 0 Å². The van der Waals surface area contributed by atoms with E-state index in [4.69, 9.17) is 9.47 Å².